The number of hydrogen-bond donors (Lipinski definition) is 0. The topological polar surface area (TPSA) is 31.2 Å². The average molecular weight is 299 g/mol. The summed E-state index contributed by atoms with van der Waals surface area (Å²) in [6.07, 6.45) is 2.93. The van der Waals surface area contributed by atoms with Gasteiger partial charge in [0.25, 0.3) is 0 Å². The largest absolute Gasteiger partial charge is 0.493 e. The number of fused-ring (bicyclic) bond motifs is 1. The lowest BCUT2D eigenvalue weighted by Gasteiger charge is -2.07. The molecule has 0 N–H and O–H groups in total. The molecular weight excluding hydrogens is 282 g/mol. The number of nitrogens with zero attached hydrogens (tertiary/aromatic N) is 1. The maximum Gasteiger partial charge on any atom is 0.192 e. The second-order valence-electron chi connectivity index (χ2n) is 4.88. The van der Waals surface area contributed by atoms with Crippen LogP contribution in [0, 0.1) is 0 Å². The van der Waals surface area contributed by atoms with Gasteiger partial charge in [0.2, 0.25) is 0 Å². The minimum Gasteiger partial charge on any atom is -0.493 e. The molecule has 0 amide bonds. The molecular formula is C17H17NO2S. The first kappa shape index (κ1) is 13.9. The van der Waals surface area contributed by atoms with Crippen molar-refractivity contribution in [1.29, 1.82) is 0 Å². The van der Waals surface area contributed by atoms with Crippen molar-refractivity contribution in [2.45, 2.75) is 19.9 Å². The van der Waals surface area contributed by atoms with Crippen LogP contribution in [0.3, 0.4) is 0 Å². The summed E-state index contributed by atoms with van der Waals surface area (Å²) in [5.74, 6) is 1.03. The van der Waals surface area contributed by atoms with Crippen molar-refractivity contribution < 1.29 is 9.53 Å². The smallest absolute Gasteiger partial charge is 0.192 e. The normalized spacial score (nSPS) is 10.9. The molecule has 1 aromatic carbocycles. The number of benzene rings is 1. The predicted octanol–water partition coefficient (Wildman–Crippen LogP) is 4.37. The molecule has 0 fully saturated rings. The molecule has 21 heavy (non-hydrogen) atoms. The number of rotatable bonds is 6. The fraction of sp³-hybridized carbons (Fsp3) is 0.235. The van der Waals surface area contributed by atoms with Crippen molar-refractivity contribution >= 4 is 28.0 Å². The number of ketones is 1. The van der Waals surface area contributed by atoms with Gasteiger partial charge in [-0.05, 0) is 36.1 Å². The molecule has 108 valence electrons. The fourth-order valence-electron chi connectivity index (χ4n) is 2.34. The summed E-state index contributed by atoms with van der Waals surface area (Å²) in [6, 6.07) is 11.8. The Morgan fingerprint density at radius 1 is 1.24 bits per heavy atom. The highest BCUT2D eigenvalue weighted by atomic mass is 32.1. The summed E-state index contributed by atoms with van der Waals surface area (Å²) in [4.78, 5) is 13.0. The fourth-order valence-corrected chi connectivity index (χ4v) is 3.00. The molecule has 3 aromatic rings. The molecule has 0 atom stereocenters. The molecule has 0 saturated heterocycles. The highest BCUT2D eigenvalue weighted by molar-refractivity contribution is 7.12. The zero-order valence-corrected chi connectivity index (χ0v) is 12.7. The maximum absolute atomic E-state index is 12.2. The van der Waals surface area contributed by atoms with Gasteiger partial charge < -0.3 is 9.30 Å². The van der Waals surface area contributed by atoms with Gasteiger partial charge in [-0.2, -0.15) is 0 Å². The van der Waals surface area contributed by atoms with E-state index in [1.165, 1.54) is 11.3 Å². The Hall–Kier alpha value is -2.07. The Kier molecular flexibility index (Phi) is 4.06. The lowest BCUT2D eigenvalue weighted by atomic mass is 10.2. The monoisotopic (exact) mass is 299 g/mol. The van der Waals surface area contributed by atoms with Crippen molar-refractivity contribution in [3.8, 4) is 5.75 Å². The van der Waals surface area contributed by atoms with Crippen molar-refractivity contribution in [3.63, 3.8) is 0 Å². The number of hydrogen-bond acceptors (Lipinski definition) is 3. The van der Waals surface area contributed by atoms with Crippen LogP contribution in [0.2, 0.25) is 0 Å². The van der Waals surface area contributed by atoms with E-state index in [4.69, 9.17) is 4.74 Å². The average Bonchev–Trinajstić information content (AvgIpc) is 3.15. The van der Waals surface area contributed by atoms with E-state index in [-0.39, 0.29) is 5.78 Å². The lowest BCUT2D eigenvalue weighted by Crippen LogP contribution is -2.07. The lowest BCUT2D eigenvalue weighted by molar-refractivity contribution is 0.0977. The highest BCUT2D eigenvalue weighted by Crippen LogP contribution is 2.27. The van der Waals surface area contributed by atoms with Crippen LogP contribution in [0.25, 0.3) is 10.9 Å². The molecule has 0 unspecified atom stereocenters. The summed E-state index contributed by atoms with van der Waals surface area (Å²) < 4.78 is 7.75. The first-order valence-electron chi connectivity index (χ1n) is 7.07. The van der Waals surface area contributed by atoms with Crippen molar-refractivity contribution in [2.24, 2.45) is 0 Å². The molecule has 3 nitrogen and oxygen atoms in total. The molecule has 0 bridgehead atoms. The molecule has 0 spiro atoms. The van der Waals surface area contributed by atoms with Crippen molar-refractivity contribution in [3.05, 3.63) is 52.9 Å². The molecule has 0 radical (unpaired) electrons. The number of aromatic nitrogens is 1. The standard InChI is InChI=1S/C17H17NO2S/c1-2-10-20-16-6-3-5-14-13(16)8-9-18(14)12-15(19)17-7-4-11-21-17/h3-9,11H,2,10,12H2,1H3. The molecule has 0 aliphatic heterocycles. The highest BCUT2D eigenvalue weighted by Gasteiger charge is 2.11. The third-order valence-electron chi connectivity index (χ3n) is 3.35. The summed E-state index contributed by atoms with van der Waals surface area (Å²) in [7, 11) is 0. The summed E-state index contributed by atoms with van der Waals surface area (Å²) >= 11 is 1.48. The summed E-state index contributed by atoms with van der Waals surface area (Å²) in [5.41, 5.74) is 1.04. The van der Waals surface area contributed by atoms with E-state index in [2.05, 4.69) is 6.92 Å². The second kappa shape index (κ2) is 6.14. The van der Waals surface area contributed by atoms with Crippen molar-refractivity contribution in [2.75, 3.05) is 6.61 Å². The minimum atomic E-state index is 0.141. The molecule has 0 aliphatic carbocycles. The third-order valence-corrected chi connectivity index (χ3v) is 4.26. The molecule has 0 saturated carbocycles. The maximum atomic E-state index is 12.2. The van der Waals surface area contributed by atoms with Gasteiger partial charge in [-0.1, -0.05) is 19.1 Å². The summed E-state index contributed by atoms with van der Waals surface area (Å²) in [6.45, 7) is 3.16. The van der Waals surface area contributed by atoms with Gasteiger partial charge in [0.15, 0.2) is 5.78 Å². The van der Waals surface area contributed by atoms with Crippen LogP contribution in [-0.2, 0) is 6.54 Å². The van der Waals surface area contributed by atoms with Crippen LogP contribution in [0.1, 0.15) is 23.0 Å². The van der Waals surface area contributed by atoms with E-state index >= 15 is 0 Å². The number of carbonyl (C=O) groups is 1. The van der Waals surface area contributed by atoms with Gasteiger partial charge in [0.1, 0.15) is 5.75 Å². The van der Waals surface area contributed by atoms with Crippen LogP contribution in [0.15, 0.2) is 48.0 Å². The minimum absolute atomic E-state index is 0.141. The Balaban J connectivity index is 1.88. The van der Waals surface area contributed by atoms with Gasteiger partial charge in [0.05, 0.1) is 23.5 Å². The van der Waals surface area contributed by atoms with Crippen LogP contribution >= 0.6 is 11.3 Å². The van der Waals surface area contributed by atoms with Gasteiger partial charge in [0, 0.05) is 11.6 Å². The summed E-state index contributed by atoms with van der Waals surface area (Å²) in [5, 5.41) is 2.99. The van der Waals surface area contributed by atoms with E-state index in [1.807, 2.05) is 52.5 Å². The van der Waals surface area contributed by atoms with Gasteiger partial charge in [-0.25, -0.2) is 0 Å². The number of carbonyl (C=O) groups excluding carboxylic acids is 1. The van der Waals surface area contributed by atoms with E-state index in [1.54, 1.807) is 0 Å². The molecule has 2 heterocycles. The quantitative estimate of drug-likeness (QED) is 0.633. The number of Topliss-reactive ketones (excluding diaryl/α,β-unsaturated/α-hetero) is 1. The second-order valence-corrected chi connectivity index (χ2v) is 5.83. The number of ether oxygens (including phenoxy) is 1. The Bertz CT molecular complexity index is 743. The Morgan fingerprint density at radius 3 is 2.90 bits per heavy atom. The zero-order valence-electron chi connectivity index (χ0n) is 11.9. The Labute approximate surface area is 127 Å². The van der Waals surface area contributed by atoms with E-state index in [0.29, 0.717) is 13.2 Å². The van der Waals surface area contributed by atoms with Crippen LogP contribution in [0.4, 0.5) is 0 Å². The predicted molar refractivity (Wildman–Crippen MR) is 86.4 cm³/mol. The first-order valence-corrected chi connectivity index (χ1v) is 7.95. The van der Waals surface area contributed by atoms with Gasteiger partial charge in [-0.3, -0.25) is 4.79 Å². The molecule has 0 aliphatic rings. The molecule has 2 aromatic heterocycles. The number of thiophene rings is 1. The van der Waals surface area contributed by atoms with E-state index in [9.17, 15) is 4.79 Å². The molecule has 3 rings (SSSR count). The van der Waals surface area contributed by atoms with Crippen LogP contribution in [-0.4, -0.2) is 17.0 Å². The Morgan fingerprint density at radius 2 is 2.14 bits per heavy atom. The van der Waals surface area contributed by atoms with Gasteiger partial charge >= 0.3 is 0 Å². The zero-order chi connectivity index (χ0) is 14.7. The van der Waals surface area contributed by atoms with E-state index in [0.717, 1.165) is 28.0 Å². The molecule has 4 heteroatoms. The van der Waals surface area contributed by atoms with Crippen LogP contribution < -0.4 is 4.74 Å². The first-order chi connectivity index (χ1) is 10.3. The van der Waals surface area contributed by atoms with Crippen LogP contribution in [0.5, 0.6) is 5.75 Å². The van der Waals surface area contributed by atoms with E-state index < -0.39 is 0 Å². The SMILES string of the molecule is CCCOc1cccc2c1ccn2CC(=O)c1cccs1. The van der Waals surface area contributed by atoms with Crippen molar-refractivity contribution in [1.82, 2.24) is 4.57 Å². The van der Waals surface area contributed by atoms with Gasteiger partial charge in [-0.15, -0.1) is 11.3 Å². The third kappa shape index (κ3) is 2.85.